The largest absolute Gasteiger partial charge is 0.491 e. The van der Waals surface area contributed by atoms with E-state index in [0.29, 0.717) is 51.8 Å². The molecule has 0 atom stereocenters. The van der Waals surface area contributed by atoms with E-state index >= 15 is 0 Å². The first-order valence-corrected chi connectivity index (χ1v) is 10.9. The number of nitrogens with one attached hydrogen (secondary N) is 3. The van der Waals surface area contributed by atoms with Gasteiger partial charge in [-0.1, -0.05) is 12.1 Å². The molecule has 1 aromatic carbocycles. The van der Waals surface area contributed by atoms with E-state index < -0.39 is 10.0 Å². The molecule has 0 heterocycles. The van der Waals surface area contributed by atoms with Crippen LogP contribution in [-0.2, 0) is 21.3 Å². The minimum Gasteiger partial charge on any atom is -0.491 e. The first-order valence-electron chi connectivity index (χ1n) is 9.05. The van der Waals surface area contributed by atoms with Crippen molar-refractivity contribution in [3.8, 4) is 5.75 Å². The van der Waals surface area contributed by atoms with E-state index in [1.807, 2.05) is 32.0 Å². The van der Waals surface area contributed by atoms with E-state index in [1.165, 1.54) is 0 Å². The number of aryl methyl sites for hydroxylation is 1. The number of hydrogen-bond acceptors (Lipinski definition) is 5. The normalized spacial score (nSPS) is 11.6. The van der Waals surface area contributed by atoms with Crippen LogP contribution in [0.15, 0.2) is 23.2 Å². The van der Waals surface area contributed by atoms with E-state index in [2.05, 4.69) is 20.3 Å². The summed E-state index contributed by atoms with van der Waals surface area (Å²) >= 11 is 0. The molecule has 0 spiro atoms. The first-order chi connectivity index (χ1) is 12.9. The summed E-state index contributed by atoms with van der Waals surface area (Å²) in [5.74, 6) is 1.48. The molecule has 0 unspecified atom stereocenters. The average Bonchev–Trinajstić information content (AvgIpc) is 2.61. The summed E-state index contributed by atoms with van der Waals surface area (Å²) in [6, 6.07) is 6.08. The van der Waals surface area contributed by atoms with Gasteiger partial charge in [0, 0.05) is 38.9 Å². The monoisotopic (exact) mass is 528 g/mol. The zero-order valence-corrected chi connectivity index (χ0v) is 20.2. The van der Waals surface area contributed by atoms with Gasteiger partial charge in [-0.05, 0) is 31.9 Å². The molecule has 0 aliphatic carbocycles. The highest BCUT2D eigenvalue weighted by molar-refractivity contribution is 14.0. The van der Waals surface area contributed by atoms with Gasteiger partial charge in [-0.2, -0.15) is 0 Å². The molecule has 0 radical (unpaired) electrons. The number of benzene rings is 1. The molecular weight excluding hydrogens is 495 g/mol. The predicted molar refractivity (Wildman–Crippen MR) is 124 cm³/mol. The molecule has 1 rings (SSSR count). The molecule has 0 saturated carbocycles. The highest BCUT2D eigenvalue weighted by atomic mass is 127. The summed E-state index contributed by atoms with van der Waals surface area (Å²) in [5, 5.41) is 6.40. The van der Waals surface area contributed by atoms with Crippen molar-refractivity contribution in [1.82, 2.24) is 15.4 Å². The second-order valence-electron chi connectivity index (χ2n) is 6.03. The molecule has 0 aliphatic rings. The Morgan fingerprint density at radius 2 is 1.93 bits per heavy atom. The van der Waals surface area contributed by atoms with Crippen LogP contribution in [0.3, 0.4) is 0 Å². The van der Waals surface area contributed by atoms with Crippen molar-refractivity contribution in [3.63, 3.8) is 0 Å². The van der Waals surface area contributed by atoms with Gasteiger partial charge in [0.15, 0.2) is 5.96 Å². The summed E-state index contributed by atoms with van der Waals surface area (Å²) in [6.07, 6.45) is 1.81. The third kappa shape index (κ3) is 12.4. The number of sulfonamides is 1. The van der Waals surface area contributed by atoms with Crippen molar-refractivity contribution in [2.45, 2.75) is 26.8 Å². The topological polar surface area (TPSA) is 101 Å². The molecule has 8 nitrogen and oxygen atoms in total. The number of aliphatic imine (C=N–C) groups is 1. The molecule has 10 heteroatoms. The van der Waals surface area contributed by atoms with Gasteiger partial charge >= 0.3 is 0 Å². The van der Waals surface area contributed by atoms with E-state index in [9.17, 15) is 8.42 Å². The van der Waals surface area contributed by atoms with Crippen molar-refractivity contribution >= 4 is 40.0 Å². The van der Waals surface area contributed by atoms with Gasteiger partial charge in [0.05, 0.1) is 12.9 Å². The van der Waals surface area contributed by atoms with Gasteiger partial charge in [-0.25, -0.2) is 13.1 Å². The van der Waals surface area contributed by atoms with Crippen LogP contribution >= 0.6 is 24.0 Å². The Kier molecular flexibility index (Phi) is 14.2. The van der Waals surface area contributed by atoms with Crippen LogP contribution in [-0.4, -0.2) is 60.6 Å². The smallest absolute Gasteiger partial charge is 0.208 e. The third-order valence-corrected chi connectivity index (χ3v) is 4.32. The molecular formula is C18H33IN4O4S. The Morgan fingerprint density at radius 1 is 1.18 bits per heavy atom. The fourth-order valence-corrected chi connectivity index (χ4v) is 2.76. The molecule has 0 aliphatic heterocycles. The van der Waals surface area contributed by atoms with Gasteiger partial charge in [0.1, 0.15) is 12.4 Å². The SMILES string of the molecule is CCOCCOc1cc(C)ccc1CNC(=NC)NCCCNS(C)(=O)=O.I. The summed E-state index contributed by atoms with van der Waals surface area (Å²) in [4.78, 5) is 4.18. The maximum absolute atomic E-state index is 11.0. The van der Waals surface area contributed by atoms with E-state index in [0.717, 1.165) is 23.1 Å². The lowest BCUT2D eigenvalue weighted by Crippen LogP contribution is -2.38. The molecule has 1 aromatic rings. The van der Waals surface area contributed by atoms with Crippen LogP contribution < -0.4 is 20.1 Å². The Labute approximate surface area is 185 Å². The zero-order valence-electron chi connectivity index (χ0n) is 17.1. The van der Waals surface area contributed by atoms with E-state index in [-0.39, 0.29) is 24.0 Å². The number of ether oxygens (including phenoxy) is 2. The fourth-order valence-electron chi connectivity index (χ4n) is 2.25. The lowest BCUT2D eigenvalue weighted by atomic mass is 10.1. The molecule has 0 fully saturated rings. The fraction of sp³-hybridized carbons (Fsp3) is 0.611. The van der Waals surface area contributed by atoms with Crippen LogP contribution in [0.5, 0.6) is 5.75 Å². The number of halogens is 1. The lowest BCUT2D eigenvalue weighted by Gasteiger charge is -2.15. The molecule has 0 aromatic heterocycles. The average molecular weight is 528 g/mol. The van der Waals surface area contributed by atoms with Gasteiger partial charge in [0.2, 0.25) is 10.0 Å². The summed E-state index contributed by atoms with van der Waals surface area (Å²) < 4.78 is 35.7. The maximum atomic E-state index is 11.0. The van der Waals surface area contributed by atoms with Crippen molar-refractivity contribution in [3.05, 3.63) is 29.3 Å². The van der Waals surface area contributed by atoms with Crippen LogP contribution in [0.1, 0.15) is 24.5 Å². The lowest BCUT2D eigenvalue weighted by molar-refractivity contribution is 0.110. The minimum absolute atomic E-state index is 0. The Bertz CT molecular complexity index is 699. The number of hydrogen-bond donors (Lipinski definition) is 3. The molecule has 0 amide bonds. The molecule has 0 saturated heterocycles. The zero-order chi connectivity index (χ0) is 20.1. The molecule has 162 valence electrons. The quantitative estimate of drug-likeness (QED) is 0.165. The number of guanidine groups is 1. The second kappa shape index (κ2) is 14.8. The highest BCUT2D eigenvalue weighted by Gasteiger charge is 2.06. The second-order valence-corrected chi connectivity index (χ2v) is 7.86. The van der Waals surface area contributed by atoms with Gasteiger partial charge in [-0.3, -0.25) is 4.99 Å². The van der Waals surface area contributed by atoms with Crippen molar-refractivity contribution < 1.29 is 17.9 Å². The van der Waals surface area contributed by atoms with Gasteiger partial charge in [0.25, 0.3) is 0 Å². The summed E-state index contributed by atoms with van der Waals surface area (Å²) in [7, 11) is -1.45. The predicted octanol–water partition coefficient (Wildman–Crippen LogP) is 1.63. The van der Waals surface area contributed by atoms with Crippen molar-refractivity contribution in [2.24, 2.45) is 4.99 Å². The Morgan fingerprint density at radius 3 is 2.57 bits per heavy atom. The van der Waals surface area contributed by atoms with Crippen LogP contribution in [0, 0.1) is 6.92 Å². The van der Waals surface area contributed by atoms with Gasteiger partial charge in [-0.15, -0.1) is 24.0 Å². The highest BCUT2D eigenvalue weighted by Crippen LogP contribution is 2.20. The van der Waals surface area contributed by atoms with Crippen LogP contribution in [0.2, 0.25) is 0 Å². The molecule has 28 heavy (non-hydrogen) atoms. The molecule has 3 N–H and O–H groups in total. The minimum atomic E-state index is -3.14. The van der Waals surface area contributed by atoms with Crippen molar-refractivity contribution in [1.29, 1.82) is 0 Å². The Hall–Kier alpha value is -1.11. The summed E-state index contributed by atoms with van der Waals surface area (Å²) in [6.45, 7) is 7.27. The van der Waals surface area contributed by atoms with E-state index in [1.54, 1.807) is 7.05 Å². The standard InChI is InChI=1S/C18H32N4O4S.HI/c1-5-25-11-12-26-17-13-15(2)7-8-16(17)14-21-18(19-3)20-9-6-10-22-27(4,23)24;/h7-8,13,22H,5-6,9-12,14H2,1-4H3,(H2,19,20,21);1H. The summed E-state index contributed by atoms with van der Waals surface area (Å²) in [5.41, 5.74) is 2.16. The van der Waals surface area contributed by atoms with E-state index in [4.69, 9.17) is 9.47 Å². The first kappa shape index (κ1) is 26.9. The van der Waals surface area contributed by atoms with Crippen LogP contribution in [0.25, 0.3) is 0 Å². The number of nitrogens with zero attached hydrogens (tertiary/aromatic N) is 1. The molecule has 0 bridgehead atoms. The van der Waals surface area contributed by atoms with Crippen LogP contribution in [0.4, 0.5) is 0 Å². The van der Waals surface area contributed by atoms with Crippen molar-refractivity contribution in [2.75, 3.05) is 46.2 Å². The number of rotatable bonds is 12. The Balaban J connectivity index is 0.00000729. The van der Waals surface area contributed by atoms with Gasteiger partial charge < -0.3 is 20.1 Å². The maximum Gasteiger partial charge on any atom is 0.208 e. The third-order valence-electron chi connectivity index (χ3n) is 3.59.